The summed E-state index contributed by atoms with van der Waals surface area (Å²) in [5, 5.41) is 3.54. The van der Waals surface area contributed by atoms with E-state index in [9.17, 15) is 4.79 Å². The number of nitrogens with zero attached hydrogens (tertiary/aromatic N) is 3. The van der Waals surface area contributed by atoms with E-state index in [1.807, 2.05) is 14.0 Å². The number of carbonyl (C=O) groups excluding carboxylic acids is 1. The number of carbonyl (C=O) groups is 1. The number of halogens is 1. The van der Waals surface area contributed by atoms with Gasteiger partial charge >= 0.3 is 5.97 Å². The normalized spacial score (nSPS) is 22.6. The Hall–Kier alpha value is -1.51. The van der Waals surface area contributed by atoms with Gasteiger partial charge in [0.05, 0.1) is 12.5 Å². The number of piperidine rings is 1. The zero-order valence-electron chi connectivity index (χ0n) is 17.0. The first-order valence-corrected chi connectivity index (χ1v) is 10.1. The summed E-state index contributed by atoms with van der Waals surface area (Å²) in [6.45, 7) is 7.02. The van der Waals surface area contributed by atoms with Crippen molar-refractivity contribution in [3.63, 3.8) is 0 Å². The minimum atomic E-state index is -0.0769. The summed E-state index contributed by atoms with van der Waals surface area (Å²) in [6.07, 6.45) is 3.08. The molecule has 2 heterocycles. The molecule has 2 aliphatic rings. The number of guanidine groups is 1. The zero-order chi connectivity index (χ0) is 19.1. The largest absolute Gasteiger partial charge is 0.466 e. The lowest BCUT2D eigenvalue weighted by molar-refractivity contribution is -0.149. The highest BCUT2D eigenvalue weighted by molar-refractivity contribution is 14.0. The summed E-state index contributed by atoms with van der Waals surface area (Å²) >= 11 is 0. The number of rotatable bonds is 5. The van der Waals surface area contributed by atoms with Crippen molar-refractivity contribution in [1.29, 1.82) is 0 Å². The topological polar surface area (TPSA) is 57.2 Å². The van der Waals surface area contributed by atoms with Gasteiger partial charge in [-0.25, -0.2) is 0 Å². The highest BCUT2D eigenvalue weighted by Crippen LogP contribution is 2.23. The van der Waals surface area contributed by atoms with Gasteiger partial charge in [0.1, 0.15) is 0 Å². The van der Waals surface area contributed by atoms with Gasteiger partial charge in [-0.2, -0.15) is 0 Å². The van der Waals surface area contributed by atoms with Crippen molar-refractivity contribution in [3.05, 3.63) is 30.3 Å². The number of hydrogen-bond acceptors (Lipinski definition) is 4. The van der Waals surface area contributed by atoms with Gasteiger partial charge in [0, 0.05) is 45.5 Å². The van der Waals surface area contributed by atoms with Crippen LogP contribution in [0.5, 0.6) is 0 Å². The van der Waals surface area contributed by atoms with Gasteiger partial charge in [-0.05, 0) is 44.2 Å². The third-order valence-electron chi connectivity index (χ3n) is 5.51. The first-order chi connectivity index (χ1) is 13.2. The van der Waals surface area contributed by atoms with Gasteiger partial charge in [-0.1, -0.05) is 18.2 Å². The molecule has 1 N–H and O–H groups in total. The fraction of sp³-hybridized carbons (Fsp3) is 0.619. The summed E-state index contributed by atoms with van der Waals surface area (Å²) in [6, 6.07) is 10.6. The lowest BCUT2D eigenvalue weighted by Gasteiger charge is -2.34. The van der Waals surface area contributed by atoms with Crippen LogP contribution in [0, 0.1) is 11.8 Å². The van der Waals surface area contributed by atoms with E-state index in [1.165, 1.54) is 12.1 Å². The molecule has 0 saturated carbocycles. The summed E-state index contributed by atoms with van der Waals surface area (Å²) in [5.74, 6) is 1.39. The van der Waals surface area contributed by atoms with E-state index in [4.69, 9.17) is 4.74 Å². The third-order valence-corrected chi connectivity index (χ3v) is 5.51. The van der Waals surface area contributed by atoms with E-state index >= 15 is 0 Å². The molecule has 7 heteroatoms. The van der Waals surface area contributed by atoms with Crippen LogP contribution in [-0.4, -0.2) is 63.2 Å². The molecule has 0 amide bonds. The maximum absolute atomic E-state index is 12.1. The average Bonchev–Trinajstić information content (AvgIpc) is 3.19. The Bertz CT molecular complexity index is 641. The van der Waals surface area contributed by atoms with Gasteiger partial charge in [-0.3, -0.25) is 9.79 Å². The zero-order valence-corrected chi connectivity index (χ0v) is 19.3. The Morgan fingerprint density at radius 2 is 2.00 bits per heavy atom. The molecule has 156 valence electrons. The molecule has 2 saturated heterocycles. The number of anilines is 1. The smallest absolute Gasteiger partial charge is 0.310 e. The Morgan fingerprint density at radius 1 is 1.21 bits per heavy atom. The number of ether oxygens (including phenoxy) is 1. The van der Waals surface area contributed by atoms with Crippen LogP contribution in [0.3, 0.4) is 0 Å². The molecule has 1 aromatic carbocycles. The van der Waals surface area contributed by atoms with Crippen molar-refractivity contribution in [2.75, 3.05) is 51.3 Å². The molecule has 6 nitrogen and oxygen atoms in total. The van der Waals surface area contributed by atoms with Crippen molar-refractivity contribution < 1.29 is 9.53 Å². The van der Waals surface area contributed by atoms with E-state index in [-0.39, 0.29) is 35.9 Å². The minimum absolute atomic E-state index is 0. The van der Waals surface area contributed by atoms with E-state index in [0.717, 1.165) is 45.0 Å². The van der Waals surface area contributed by atoms with E-state index in [0.29, 0.717) is 19.1 Å². The van der Waals surface area contributed by atoms with Crippen molar-refractivity contribution in [1.82, 2.24) is 10.2 Å². The lowest BCUT2D eigenvalue weighted by atomic mass is 9.98. The highest BCUT2D eigenvalue weighted by Gasteiger charge is 2.29. The number of likely N-dealkylation sites (tertiary alicyclic amines) is 1. The molecule has 0 bridgehead atoms. The molecule has 1 aromatic rings. The van der Waals surface area contributed by atoms with Crippen molar-refractivity contribution >= 4 is 41.6 Å². The maximum atomic E-state index is 12.1. The van der Waals surface area contributed by atoms with Crippen molar-refractivity contribution in [2.45, 2.75) is 26.2 Å². The summed E-state index contributed by atoms with van der Waals surface area (Å²) < 4.78 is 5.21. The molecule has 2 unspecified atom stereocenters. The van der Waals surface area contributed by atoms with E-state index in [1.54, 1.807) is 0 Å². The predicted molar refractivity (Wildman–Crippen MR) is 124 cm³/mol. The van der Waals surface area contributed by atoms with Gasteiger partial charge in [0.2, 0.25) is 0 Å². The monoisotopic (exact) mass is 500 g/mol. The summed E-state index contributed by atoms with van der Waals surface area (Å²) in [5.41, 5.74) is 1.30. The fourth-order valence-electron chi connectivity index (χ4n) is 4.06. The Morgan fingerprint density at radius 3 is 2.71 bits per heavy atom. The van der Waals surface area contributed by atoms with Gasteiger partial charge in [0.25, 0.3) is 0 Å². The maximum Gasteiger partial charge on any atom is 0.310 e. The Balaban J connectivity index is 0.00000280. The number of hydrogen-bond donors (Lipinski definition) is 1. The highest BCUT2D eigenvalue weighted by atomic mass is 127. The van der Waals surface area contributed by atoms with E-state index in [2.05, 4.69) is 50.4 Å². The molecule has 2 atom stereocenters. The van der Waals surface area contributed by atoms with Crippen LogP contribution in [0.25, 0.3) is 0 Å². The van der Waals surface area contributed by atoms with Crippen molar-refractivity contribution in [2.24, 2.45) is 16.8 Å². The van der Waals surface area contributed by atoms with Gasteiger partial charge < -0.3 is 19.9 Å². The Labute approximate surface area is 185 Å². The molecular weight excluding hydrogens is 467 g/mol. The number of para-hydroxylation sites is 1. The van der Waals surface area contributed by atoms with E-state index < -0.39 is 0 Å². The standard InChI is InChI=1S/C21H32N4O2.HI/c1-3-27-20(26)18-8-7-12-25(16-18)21(22-2)23-14-17-11-13-24(15-17)19-9-5-4-6-10-19;/h4-6,9-10,17-18H,3,7-8,11-16H2,1-2H3,(H,22,23);1H. The third kappa shape index (κ3) is 5.99. The predicted octanol–water partition coefficient (Wildman–Crippen LogP) is 2.98. The molecule has 0 spiro atoms. The van der Waals surface area contributed by atoms with Crippen LogP contribution in [-0.2, 0) is 9.53 Å². The van der Waals surface area contributed by atoms with Crippen LogP contribution >= 0.6 is 24.0 Å². The van der Waals surface area contributed by atoms with Crippen LogP contribution in [0.2, 0.25) is 0 Å². The number of nitrogens with one attached hydrogen (secondary N) is 1. The van der Waals surface area contributed by atoms with Crippen LogP contribution in [0.4, 0.5) is 5.69 Å². The first kappa shape index (κ1) is 22.8. The summed E-state index contributed by atoms with van der Waals surface area (Å²) in [7, 11) is 1.82. The van der Waals surface area contributed by atoms with Gasteiger partial charge in [0.15, 0.2) is 5.96 Å². The quantitative estimate of drug-likeness (QED) is 0.292. The second kappa shape index (κ2) is 11.5. The Kier molecular flexibility index (Phi) is 9.34. The second-order valence-electron chi connectivity index (χ2n) is 7.40. The number of esters is 1. The summed E-state index contributed by atoms with van der Waals surface area (Å²) in [4.78, 5) is 21.2. The minimum Gasteiger partial charge on any atom is -0.466 e. The van der Waals surface area contributed by atoms with Crippen molar-refractivity contribution in [3.8, 4) is 0 Å². The fourth-order valence-corrected chi connectivity index (χ4v) is 4.06. The van der Waals surface area contributed by atoms with Gasteiger partial charge in [-0.15, -0.1) is 24.0 Å². The SMILES string of the molecule is CCOC(=O)C1CCCN(C(=NC)NCC2CCN(c3ccccc3)C2)C1.I. The number of benzene rings is 1. The molecular formula is C21H33IN4O2. The molecule has 2 aliphatic heterocycles. The van der Waals surface area contributed by atoms with Crippen LogP contribution < -0.4 is 10.2 Å². The molecule has 3 rings (SSSR count). The van der Waals surface area contributed by atoms with Crippen LogP contribution in [0.1, 0.15) is 26.2 Å². The molecule has 2 fully saturated rings. The lowest BCUT2D eigenvalue weighted by Crippen LogP contribution is -2.49. The van der Waals surface area contributed by atoms with Crippen LogP contribution in [0.15, 0.2) is 35.3 Å². The molecule has 0 aromatic heterocycles. The molecule has 0 radical (unpaired) electrons. The first-order valence-electron chi connectivity index (χ1n) is 10.1. The average molecular weight is 500 g/mol. The second-order valence-corrected chi connectivity index (χ2v) is 7.40. The molecule has 0 aliphatic carbocycles. The molecule has 28 heavy (non-hydrogen) atoms. The number of aliphatic imine (C=N–C) groups is 1.